The monoisotopic (exact) mass is 331 g/mol. The van der Waals surface area contributed by atoms with Crippen LogP contribution in [0.15, 0.2) is 6.07 Å². The summed E-state index contributed by atoms with van der Waals surface area (Å²) in [5, 5.41) is 8.70. The van der Waals surface area contributed by atoms with Crippen LogP contribution in [0, 0.1) is 5.92 Å². The lowest BCUT2D eigenvalue weighted by Crippen LogP contribution is -2.39. The van der Waals surface area contributed by atoms with Crippen LogP contribution in [0.2, 0.25) is 0 Å². The van der Waals surface area contributed by atoms with Crippen molar-refractivity contribution in [3.05, 3.63) is 22.9 Å². The van der Waals surface area contributed by atoms with E-state index in [1.54, 1.807) is 19.0 Å². The Morgan fingerprint density at radius 1 is 1.21 bits per heavy atom. The highest BCUT2D eigenvalue weighted by molar-refractivity contribution is 5.98. The van der Waals surface area contributed by atoms with Crippen molar-refractivity contribution in [2.45, 2.75) is 25.7 Å². The maximum absolute atomic E-state index is 12.2. The molecule has 2 heterocycles. The Labute approximate surface area is 142 Å². The lowest BCUT2D eigenvalue weighted by atomic mass is 10.1. The minimum atomic E-state index is -0.129. The maximum Gasteiger partial charge on any atom is 0.317 e. The zero-order chi connectivity index (χ0) is 17.1. The fourth-order valence-corrected chi connectivity index (χ4v) is 3.00. The number of carbonyl (C=O) groups is 2. The number of pyridine rings is 1. The largest absolute Gasteiger partial charge is 0.369 e. The van der Waals surface area contributed by atoms with Gasteiger partial charge in [-0.2, -0.15) is 0 Å². The molecule has 0 radical (unpaired) electrons. The van der Waals surface area contributed by atoms with E-state index in [0.717, 1.165) is 17.8 Å². The van der Waals surface area contributed by atoms with Gasteiger partial charge < -0.3 is 20.9 Å². The molecule has 7 heteroatoms. The van der Waals surface area contributed by atoms with Crippen LogP contribution in [0.25, 0.3) is 0 Å². The summed E-state index contributed by atoms with van der Waals surface area (Å²) in [7, 11) is 3.27. The van der Waals surface area contributed by atoms with E-state index in [-0.39, 0.29) is 11.9 Å². The van der Waals surface area contributed by atoms with Crippen molar-refractivity contribution in [1.82, 2.24) is 20.5 Å². The number of hydrogen-bond acceptors (Lipinski definition) is 4. The van der Waals surface area contributed by atoms with Crippen molar-refractivity contribution >= 4 is 17.8 Å². The van der Waals surface area contributed by atoms with Crippen molar-refractivity contribution in [1.29, 1.82) is 0 Å². The van der Waals surface area contributed by atoms with Gasteiger partial charge in [0.1, 0.15) is 5.82 Å². The van der Waals surface area contributed by atoms with Crippen LogP contribution in [0.3, 0.4) is 0 Å². The van der Waals surface area contributed by atoms with Gasteiger partial charge in [-0.1, -0.05) is 0 Å². The summed E-state index contributed by atoms with van der Waals surface area (Å²) in [6.07, 6.45) is 3.90. The van der Waals surface area contributed by atoms with Crippen molar-refractivity contribution < 1.29 is 9.59 Å². The van der Waals surface area contributed by atoms with E-state index in [9.17, 15) is 9.59 Å². The predicted octanol–water partition coefficient (Wildman–Crippen LogP) is 1.00. The molecular weight excluding hydrogens is 306 g/mol. The van der Waals surface area contributed by atoms with E-state index in [1.165, 1.54) is 12.8 Å². The Morgan fingerprint density at radius 2 is 1.96 bits per heavy atom. The van der Waals surface area contributed by atoms with Crippen molar-refractivity contribution in [2.24, 2.45) is 5.92 Å². The van der Waals surface area contributed by atoms with Gasteiger partial charge in [0.2, 0.25) is 0 Å². The molecule has 130 valence electrons. The molecule has 1 fully saturated rings. The third kappa shape index (κ3) is 3.60. The van der Waals surface area contributed by atoms with Crippen LogP contribution >= 0.6 is 0 Å². The SMILES string of the molecule is CNC(=O)c1cc2c(nc1NCC1CC1)CCN(C(=O)NC)CC2. The average molecular weight is 331 g/mol. The molecule has 7 nitrogen and oxygen atoms in total. The fraction of sp³-hybridized carbons (Fsp3) is 0.588. The van der Waals surface area contributed by atoms with Crippen LogP contribution in [-0.2, 0) is 12.8 Å². The highest BCUT2D eigenvalue weighted by atomic mass is 16.2. The molecule has 1 aromatic rings. The molecular formula is C17H25N5O2. The molecule has 1 aliphatic heterocycles. The van der Waals surface area contributed by atoms with Crippen LogP contribution in [0.4, 0.5) is 10.6 Å². The molecule has 0 atom stereocenters. The molecule has 1 aromatic heterocycles. The van der Waals surface area contributed by atoms with Gasteiger partial charge in [0.25, 0.3) is 5.91 Å². The number of amides is 3. The second-order valence-corrected chi connectivity index (χ2v) is 6.44. The summed E-state index contributed by atoms with van der Waals surface area (Å²) >= 11 is 0. The molecule has 0 saturated heterocycles. The molecule has 24 heavy (non-hydrogen) atoms. The number of nitrogens with zero attached hydrogens (tertiary/aromatic N) is 2. The van der Waals surface area contributed by atoms with Gasteiger partial charge in [0.15, 0.2) is 0 Å². The Balaban J connectivity index is 1.84. The van der Waals surface area contributed by atoms with E-state index in [2.05, 4.69) is 16.0 Å². The van der Waals surface area contributed by atoms with Crippen LogP contribution in [-0.4, -0.2) is 55.6 Å². The smallest absolute Gasteiger partial charge is 0.317 e. The highest BCUT2D eigenvalue weighted by Gasteiger charge is 2.24. The number of nitrogens with one attached hydrogen (secondary N) is 3. The first-order chi connectivity index (χ1) is 11.6. The van der Waals surface area contributed by atoms with E-state index >= 15 is 0 Å². The quantitative estimate of drug-likeness (QED) is 0.768. The van der Waals surface area contributed by atoms with Crippen LogP contribution in [0.5, 0.6) is 0 Å². The van der Waals surface area contributed by atoms with Gasteiger partial charge in [0.05, 0.1) is 5.56 Å². The van der Waals surface area contributed by atoms with Crippen LogP contribution < -0.4 is 16.0 Å². The lowest BCUT2D eigenvalue weighted by molar-refractivity contribution is 0.0963. The Bertz CT molecular complexity index is 642. The van der Waals surface area contributed by atoms with Crippen molar-refractivity contribution in [2.75, 3.05) is 39.0 Å². The molecule has 0 unspecified atom stereocenters. The Kier molecular flexibility index (Phi) is 4.87. The first kappa shape index (κ1) is 16.5. The number of carbonyl (C=O) groups excluding carboxylic acids is 2. The number of fused-ring (bicyclic) bond motifs is 1. The Hall–Kier alpha value is -2.31. The summed E-state index contributed by atoms with van der Waals surface area (Å²) in [6.45, 7) is 2.14. The minimum absolute atomic E-state index is 0.0681. The number of anilines is 1. The Morgan fingerprint density at radius 3 is 2.62 bits per heavy atom. The normalized spacial score (nSPS) is 16.8. The zero-order valence-electron chi connectivity index (χ0n) is 14.3. The van der Waals surface area contributed by atoms with Gasteiger partial charge in [-0.05, 0) is 36.8 Å². The van der Waals surface area contributed by atoms with Gasteiger partial charge in [-0.25, -0.2) is 9.78 Å². The number of aromatic nitrogens is 1. The van der Waals surface area contributed by atoms with E-state index in [0.29, 0.717) is 43.2 Å². The first-order valence-corrected chi connectivity index (χ1v) is 8.57. The highest BCUT2D eigenvalue weighted by Crippen LogP contribution is 2.29. The molecule has 0 aromatic carbocycles. The minimum Gasteiger partial charge on any atom is -0.369 e. The molecule has 1 aliphatic carbocycles. The number of hydrogen-bond donors (Lipinski definition) is 3. The summed E-state index contributed by atoms with van der Waals surface area (Å²) in [5.74, 6) is 1.23. The molecule has 3 amide bonds. The van der Waals surface area contributed by atoms with Gasteiger partial charge in [-0.15, -0.1) is 0 Å². The van der Waals surface area contributed by atoms with E-state index in [1.807, 2.05) is 6.07 Å². The predicted molar refractivity (Wildman–Crippen MR) is 92.3 cm³/mol. The summed E-state index contributed by atoms with van der Waals surface area (Å²) in [6, 6.07) is 1.87. The molecule has 3 N–H and O–H groups in total. The van der Waals surface area contributed by atoms with Gasteiger partial charge in [-0.3, -0.25) is 4.79 Å². The third-order valence-electron chi connectivity index (χ3n) is 4.69. The molecule has 0 bridgehead atoms. The summed E-state index contributed by atoms with van der Waals surface area (Å²) in [5.41, 5.74) is 2.62. The van der Waals surface area contributed by atoms with Gasteiger partial charge >= 0.3 is 6.03 Å². The molecule has 1 saturated carbocycles. The first-order valence-electron chi connectivity index (χ1n) is 8.57. The van der Waals surface area contributed by atoms with E-state index < -0.39 is 0 Å². The topological polar surface area (TPSA) is 86.4 Å². The number of rotatable bonds is 4. The maximum atomic E-state index is 12.2. The van der Waals surface area contributed by atoms with Crippen LogP contribution in [0.1, 0.15) is 34.5 Å². The van der Waals surface area contributed by atoms with Gasteiger partial charge in [0, 0.05) is 45.8 Å². The molecule has 0 spiro atoms. The zero-order valence-corrected chi connectivity index (χ0v) is 14.3. The summed E-state index contributed by atoms with van der Waals surface area (Å²) in [4.78, 5) is 30.6. The van der Waals surface area contributed by atoms with E-state index in [4.69, 9.17) is 4.98 Å². The standard InChI is InChI=1S/C17H25N5O2/c1-18-16(23)13-9-12-5-7-22(17(24)19-2)8-6-14(12)21-15(13)20-10-11-3-4-11/h9,11H,3-8,10H2,1-2H3,(H,18,23)(H,19,24)(H,20,21). The molecule has 2 aliphatic rings. The van der Waals surface area contributed by atoms with Crippen molar-refractivity contribution in [3.63, 3.8) is 0 Å². The van der Waals surface area contributed by atoms with Crippen molar-refractivity contribution in [3.8, 4) is 0 Å². The second kappa shape index (κ2) is 7.07. The lowest BCUT2D eigenvalue weighted by Gasteiger charge is -2.18. The second-order valence-electron chi connectivity index (χ2n) is 6.44. The summed E-state index contributed by atoms with van der Waals surface area (Å²) < 4.78 is 0. The fourth-order valence-electron chi connectivity index (χ4n) is 3.00. The third-order valence-corrected chi connectivity index (χ3v) is 4.69. The average Bonchev–Trinajstić information content (AvgIpc) is 3.44. The number of urea groups is 1. The molecule has 3 rings (SSSR count).